The Balaban J connectivity index is 1.60. The van der Waals surface area contributed by atoms with Gasteiger partial charge in [0.1, 0.15) is 0 Å². The number of benzene rings is 1. The molecule has 0 atom stereocenters. The summed E-state index contributed by atoms with van der Waals surface area (Å²) < 4.78 is 0. The van der Waals surface area contributed by atoms with Crippen LogP contribution in [0.15, 0.2) is 35.7 Å². The quantitative estimate of drug-likeness (QED) is 0.733. The van der Waals surface area contributed by atoms with Crippen molar-refractivity contribution in [3.05, 3.63) is 35.7 Å². The van der Waals surface area contributed by atoms with Gasteiger partial charge in [-0.3, -0.25) is 4.79 Å². The normalized spacial score (nSPS) is 15.5. The van der Waals surface area contributed by atoms with Gasteiger partial charge in [0.2, 0.25) is 5.91 Å². The number of nitrogen functional groups attached to an aromatic ring is 1. The monoisotopic (exact) mass is 329 g/mol. The van der Waals surface area contributed by atoms with Gasteiger partial charge in [-0.2, -0.15) is 0 Å². The van der Waals surface area contributed by atoms with Crippen LogP contribution < -0.4 is 16.4 Å². The van der Waals surface area contributed by atoms with E-state index in [2.05, 4.69) is 16.7 Å². The first-order chi connectivity index (χ1) is 11.2. The van der Waals surface area contributed by atoms with Crippen LogP contribution in [0.4, 0.5) is 11.4 Å². The van der Waals surface area contributed by atoms with Crippen molar-refractivity contribution in [1.29, 1.82) is 0 Å². The van der Waals surface area contributed by atoms with Crippen LogP contribution in [0.3, 0.4) is 0 Å². The molecule has 0 aliphatic carbocycles. The van der Waals surface area contributed by atoms with Crippen molar-refractivity contribution in [2.45, 2.75) is 25.7 Å². The molecule has 1 aliphatic rings. The highest BCUT2D eigenvalue weighted by Gasteiger charge is 2.15. The number of rotatable bonds is 5. The molecule has 0 radical (unpaired) electrons. The van der Waals surface area contributed by atoms with Gasteiger partial charge in [-0.1, -0.05) is 12.1 Å². The lowest BCUT2D eigenvalue weighted by molar-refractivity contribution is -0.116. The Morgan fingerprint density at radius 1 is 1.30 bits per heavy atom. The Labute approximate surface area is 141 Å². The second-order valence-electron chi connectivity index (χ2n) is 6.06. The highest BCUT2D eigenvalue weighted by molar-refractivity contribution is 7.13. The summed E-state index contributed by atoms with van der Waals surface area (Å²) in [6, 6.07) is 9.90. The van der Waals surface area contributed by atoms with Crippen molar-refractivity contribution in [2.75, 3.05) is 24.1 Å². The van der Waals surface area contributed by atoms with Crippen molar-refractivity contribution in [1.82, 2.24) is 5.32 Å². The maximum atomic E-state index is 12.2. The Kier molecular flexibility index (Phi) is 5.31. The van der Waals surface area contributed by atoms with Gasteiger partial charge >= 0.3 is 0 Å². The highest BCUT2D eigenvalue weighted by Crippen LogP contribution is 2.30. The number of hydrogen-bond donors (Lipinski definition) is 3. The summed E-state index contributed by atoms with van der Waals surface area (Å²) in [6.45, 7) is 2.14. The Hall–Kier alpha value is -1.85. The third-order valence-electron chi connectivity index (χ3n) is 4.37. The average Bonchev–Trinajstić information content (AvgIpc) is 3.10. The molecule has 1 aromatic carbocycles. The van der Waals surface area contributed by atoms with E-state index >= 15 is 0 Å². The Bertz CT molecular complexity index is 648. The predicted molar refractivity (Wildman–Crippen MR) is 97.6 cm³/mol. The van der Waals surface area contributed by atoms with Crippen LogP contribution in [0.25, 0.3) is 10.4 Å². The molecule has 4 nitrogen and oxygen atoms in total. The van der Waals surface area contributed by atoms with Crippen LogP contribution in [-0.4, -0.2) is 19.0 Å². The minimum absolute atomic E-state index is 0.0542. The van der Waals surface area contributed by atoms with Crippen molar-refractivity contribution >= 4 is 28.6 Å². The molecule has 23 heavy (non-hydrogen) atoms. The van der Waals surface area contributed by atoms with Crippen molar-refractivity contribution in [3.8, 4) is 10.4 Å². The molecule has 0 spiro atoms. The summed E-state index contributed by atoms with van der Waals surface area (Å²) in [6.07, 6.45) is 3.86. The Morgan fingerprint density at radius 2 is 2.13 bits per heavy atom. The second kappa shape index (κ2) is 7.62. The minimum atomic E-state index is 0.0542. The van der Waals surface area contributed by atoms with E-state index in [4.69, 9.17) is 5.73 Å². The van der Waals surface area contributed by atoms with E-state index in [1.165, 1.54) is 17.7 Å². The van der Waals surface area contributed by atoms with Gasteiger partial charge in [0.05, 0.1) is 11.4 Å². The summed E-state index contributed by atoms with van der Waals surface area (Å²) >= 11 is 1.68. The zero-order valence-corrected chi connectivity index (χ0v) is 14.0. The summed E-state index contributed by atoms with van der Waals surface area (Å²) in [4.78, 5) is 13.4. The van der Waals surface area contributed by atoms with E-state index in [1.807, 2.05) is 29.6 Å². The summed E-state index contributed by atoms with van der Waals surface area (Å²) in [5, 5.41) is 8.37. The van der Waals surface area contributed by atoms with Crippen LogP contribution >= 0.6 is 11.3 Å². The summed E-state index contributed by atoms with van der Waals surface area (Å²) in [7, 11) is 0. The first kappa shape index (κ1) is 16.0. The molecule has 1 aromatic heterocycles. The molecule has 1 fully saturated rings. The van der Waals surface area contributed by atoms with Gasteiger partial charge in [-0.05, 0) is 67.4 Å². The third-order valence-corrected chi connectivity index (χ3v) is 5.29. The van der Waals surface area contributed by atoms with Gasteiger partial charge in [0.25, 0.3) is 0 Å². The number of anilines is 2. The number of carbonyl (C=O) groups excluding carboxylic acids is 1. The van der Waals surface area contributed by atoms with E-state index < -0.39 is 0 Å². The smallest absolute Gasteiger partial charge is 0.224 e. The second-order valence-corrected chi connectivity index (χ2v) is 7.01. The molecule has 122 valence electrons. The van der Waals surface area contributed by atoms with Crippen LogP contribution in [0.5, 0.6) is 0 Å². The number of thiophene rings is 1. The lowest BCUT2D eigenvalue weighted by Crippen LogP contribution is -2.28. The fourth-order valence-corrected chi connectivity index (χ4v) is 3.70. The lowest BCUT2D eigenvalue weighted by Gasteiger charge is -2.22. The largest absolute Gasteiger partial charge is 0.397 e. The fourth-order valence-electron chi connectivity index (χ4n) is 2.98. The Morgan fingerprint density at radius 3 is 2.87 bits per heavy atom. The molecule has 2 aromatic rings. The van der Waals surface area contributed by atoms with E-state index in [0.29, 0.717) is 23.7 Å². The van der Waals surface area contributed by atoms with Crippen LogP contribution in [-0.2, 0) is 4.79 Å². The molecule has 3 rings (SSSR count). The summed E-state index contributed by atoms with van der Waals surface area (Å²) in [5.41, 5.74) is 8.42. The molecule has 5 heteroatoms. The predicted octanol–water partition coefficient (Wildman–Crippen LogP) is 3.72. The third kappa shape index (κ3) is 4.33. The molecule has 2 heterocycles. The summed E-state index contributed by atoms with van der Waals surface area (Å²) in [5.74, 6) is 0.718. The molecule has 0 bridgehead atoms. The van der Waals surface area contributed by atoms with Gasteiger partial charge in [-0.15, -0.1) is 11.3 Å². The molecule has 4 N–H and O–H groups in total. The SMILES string of the molecule is Nc1ccc(-c2cccs2)cc1NC(=O)CCC1CCNCC1. The zero-order chi connectivity index (χ0) is 16.1. The van der Waals surface area contributed by atoms with E-state index in [-0.39, 0.29) is 5.91 Å². The molecule has 1 amide bonds. The first-order valence-corrected chi connectivity index (χ1v) is 9.04. The molecule has 1 aliphatic heterocycles. The minimum Gasteiger partial charge on any atom is -0.397 e. The molecule has 0 saturated carbocycles. The molecular formula is C18H23N3OS. The molecule has 1 saturated heterocycles. The van der Waals surface area contributed by atoms with Crippen LogP contribution in [0.1, 0.15) is 25.7 Å². The number of carbonyl (C=O) groups is 1. The van der Waals surface area contributed by atoms with Gasteiger partial charge < -0.3 is 16.4 Å². The van der Waals surface area contributed by atoms with Crippen molar-refractivity contribution in [3.63, 3.8) is 0 Å². The van der Waals surface area contributed by atoms with Gasteiger partial charge in [0.15, 0.2) is 0 Å². The number of amides is 1. The number of nitrogens with one attached hydrogen (secondary N) is 2. The van der Waals surface area contributed by atoms with E-state index in [9.17, 15) is 4.79 Å². The zero-order valence-electron chi connectivity index (χ0n) is 13.2. The van der Waals surface area contributed by atoms with E-state index in [1.54, 1.807) is 11.3 Å². The number of hydrogen-bond acceptors (Lipinski definition) is 4. The lowest BCUT2D eigenvalue weighted by atomic mass is 9.93. The van der Waals surface area contributed by atoms with Crippen LogP contribution in [0.2, 0.25) is 0 Å². The maximum Gasteiger partial charge on any atom is 0.224 e. The number of piperidine rings is 1. The standard InChI is InChI=1S/C18H23N3OS/c19-15-5-4-14(17-2-1-11-23-17)12-16(15)21-18(22)6-3-13-7-9-20-10-8-13/h1-2,4-5,11-13,20H,3,6-10,19H2,(H,21,22). The molecule has 0 unspecified atom stereocenters. The fraction of sp³-hybridized carbons (Fsp3) is 0.389. The van der Waals surface area contributed by atoms with Gasteiger partial charge in [-0.25, -0.2) is 0 Å². The van der Waals surface area contributed by atoms with Crippen molar-refractivity contribution in [2.24, 2.45) is 5.92 Å². The maximum absolute atomic E-state index is 12.2. The van der Waals surface area contributed by atoms with Crippen molar-refractivity contribution < 1.29 is 4.79 Å². The first-order valence-electron chi connectivity index (χ1n) is 8.16. The number of nitrogens with two attached hydrogens (primary N) is 1. The van der Waals surface area contributed by atoms with E-state index in [0.717, 1.165) is 25.1 Å². The van der Waals surface area contributed by atoms with Gasteiger partial charge in [0, 0.05) is 11.3 Å². The van der Waals surface area contributed by atoms with Crippen LogP contribution in [0, 0.1) is 5.92 Å². The highest BCUT2D eigenvalue weighted by atomic mass is 32.1. The average molecular weight is 329 g/mol. The topological polar surface area (TPSA) is 67.1 Å². The molecular weight excluding hydrogens is 306 g/mol.